The van der Waals surface area contributed by atoms with Gasteiger partial charge in [0.25, 0.3) is 0 Å². The monoisotopic (exact) mass is 322 g/mol. The molecule has 1 aliphatic heterocycles. The van der Waals surface area contributed by atoms with Crippen LogP contribution in [-0.4, -0.2) is 61.1 Å². The van der Waals surface area contributed by atoms with Gasteiger partial charge in [0.05, 0.1) is 12.6 Å². The number of hydrogen-bond donors (Lipinski definition) is 0. The van der Waals surface area contributed by atoms with Gasteiger partial charge >= 0.3 is 0 Å². The Balaban J connectivity index is 1.55. The quantitative estimate of drug-likeness (QED) is 0.780. The Morgan fingerprint density at radius 1 is 1.26 bits per heavy atom. The summed E-state index contributed by atoms with van der Waals surface area (Å²) in [6.45, 7) is 7.68. The van der Waals surface area contributed by atoms with Crippen molar-refractivity contribution in [2.24, 2.45) is 11.3 Å². The number of hydrogen-bond acceptors (Lipinski definition) is 3. The molecule has 3 rings (SSSR count). The van der Waals surface area contributed by atoms with Crippen molar-refractivity contribution < 1.29 is 9.53 Å². The van der Waals surface area contributed by atoms with Gasteiger partial charge in [-0.3, -0.25) is 9.69 Å². The highest BCUT2D eigenvalue weighted by Gasteiger charge is 2.58. The van der Waals surface area contributed by atoms with Gasteiger partial charge in [0.15, 0.2) is 0 Å². The van der Waals surface area contributed by atoms with Gasteiger partial charge < -0.3 is 9.64 Å². The molecular formula is C19H34N2O2. The zero-order valence-electron chi connectivity index (χ0n) is 15.2. The lowest BCUT2D eigenvalue weighted by molar-refractivity contribution is -0.165. The minimum atomic E-state index is 0.326. The average Bonchev–Trinajstić information content (AvgIpc) is 3.04. The first-order valence-corrected chi connectivity index (χ1v) is 9.66. The Labute approximate surface area is 141 Å². The maximum Gasteiger partial charge on any atom is 0.236 e. The van der Waals surface area contributed by atoms with E-state index in [1.165, 1.54) is 25.7 Å². The second kappa shape index (κ2) is 7.10. The van der Waals surface area contributed by atoms with Crippen molar-refractivity contribution in [3.8, 4) is 0 Å². The van der Waals surface area contributed by atoms with Crippen molar-refractivity contribution in [2.45, 2.75) is 70.9 Å². The van der Waals surface area contributed by atoms with E-state index in [-0.39, 0.29) is 0 Å². The number of carbonyl (C=O) groups is 1. The van der Waals surface area contributed by atoms with Gasteiger partial charge in [-0.05, 0) is 52.0 Å². The minimum absolute atomic E-state index is 0.326. The van der Waals surface area contributed by atoms with Crippen molar-refractivity contribution in [1.82, 2.24) is 9.80 Å². The Hall–Kier alpha value is -0.610. The molecule has 0 unspecified atom stereocenters. The van der Waals surface area contributed by atoms with E-state index in [4.69, 9.17) is 4.74 Å². The van der Waals surface area contributed by atoms with Gasteiger partial charge in [-0.1, -0.05) is 19.8 Å². The molecule has 1 heterocycles. The molecule has 3 aliphatic rings. The smallest absolute Gasteiger partial charge is 0.236 e. The predicted molar refractivity (Wildman–Crippen MR) is 92.3 cm³/mol. The third kappa shape index (κ3) is 3.30. The van der Waals surface area contributed by atoms with Gasteiger partial charge in [-0.25, -0.2) is 0 Å². The molecule has 23 heavy (non-hydrogen) atoms. The molecule has 2 atom stereocenters. The maximum atomic E-state index is 12.6. The van der Waals surface area contributed by atoms with Crippen LogP contribution in [0.4, 0.5) is 0 Å². The first-order valence-electron chi connectivity index (χ1n) is 9.66. The van der Waals surface area contributed by atoms with Crippen LogP contribution >= 0.6 is 0 Å². The van der Waals surface area contributed by atoms with E-state index in [1.54, 1.807) is 0 Å². The molecule has 3 fully saturated rings. The van der Waals surface area contributed by atoms with Crippen molar-refractivity contribution in [3.05, 3.63) is 0 Å². The largest absolute Gasteiger partial charge is 0.378 e. The number of amides is 1. The van der Waals surface area contributed by atoms with E-state index >= 15 is 0 Å². The predicted octanol–water partition coefficient (Wildman–Crippen LogP) is 2.91. The first-order chi connectivity index (χ1) is 11.1. The van der Waals surface area contributed by atoms with Crippen molar-refractivity contribution in [3.63, 3.8) is 0 Å². The molecule has 0 aromatic carbocycles. The average molecular weight is 322 g/mol. The molecule has 1 spiro atoms. The van der Waals surface area contributed by atoms with Crippen molar-refractivity contribution in [2.75, 3.05) is 33.3 Å². The van der Waals surface area contributed by atoms with Crippen LogP contribution in [0.3, 0.4) is 0 Å². The number of piperidine rings is 1. The summed E-state index contributed by atoms with van der Waals surface area (Å²) in [4.78, 5) is 17.0. The fourth-order valence-corrected chi connectivity index (χ4v) is 5.15. The van der Waals surface area contributed by atoms with E-state index in [1.807, 2.05) is 0 Å². The Morgan fingerprint density at radius 2 is 1.91 bits per heavy atom. The third-order valence-corrected chi connectivity index (χ3v) is 6.70. The third-order valence-electron chi connectivity index (χ3n) is 6.70. The van der Waals surface area contributed by atoms with Crippen LogP contribution in [0.1, 0.15) is 58.8 Å². The highest BCUT2D eigenvalue weighted by molar-refractivity contribution is 5.78. The lowest BCUT2D eigenvalue weighted by atomic mass is 9.60. The number of carbonyl (C=O) groups excluding carboxylic acids is 1. The van der Waals surface area contributed by atoms with E-state index in [9.17, 15) is 4.79 Å². The molecule has 132 valence electrons. The van der Waals surface area contributed by atoms with E-state index in [0.29, 0.717) is 30.0 Å². The zero-order valence-corrected chi connectivity index (χ0v) is 15.2. The Morgan fingerprint density at radius 3 is 2.52 bits per heavy atom. The number of ether oxygens (including phenoxy) is 1. The molecule has 0 radical (unpaired) electrons. The molecule has 2 aliphatic carbocycles. The molecule has 0 aromatic heterocycles. The van der Waals surface area contributed by atoms with Gasteiger partial charge in [0.1, 0.15) is 0 Å². The summed E-state index contributed by atoms with van der Waals surface area (Å²) in [7, 11) is 2.15. The summed E-state index contributed by atoms with van der Waals surface area (Å²) < 4.78 is 6.01. The summed E-state index contributed by atoms with van der Waals surface area (Å²) in [6, 6.07) is 0.536. The molecule has 4 nitrogen and oxygen atoms in total. The Bertz CT molecular complexity index is 412. The summed E-state index contributed by atoms with van der Waals surface area (Å²) >= 11 is 0. The van der Waals surface area contributed by atoms with Crippen LogP contribution in [0.15, 0.2) is 0 Å². The van der Waals surface area contributed by atoms with E-state index in [0.717, 1.165) is 44.9 Å². The van der Waals surface area contributed by atoms with Crippen molar-refractivity contribution in [1.29, 1.82) is 0 Å². The van der Waals surface area contributed by atoms with Crippen molar-refractivity contribution >= 4 is 5.91 Å². The maximum absolute atomic E-state index is 12.6. The first kappa shape index (κ1) is 17.2. The number of rotatable bonds is 5. The second-order valence-electron chi connectivity index (χ2n) is 8.11. The molecule has 1 amide bonds. The standard InChI is InChI=1S/C19H34N2O2/c1-4-23-17-13-16(19(17)9-5-6-10-19)20(3)14-18(22)21-11-7-15(2)8-12-21/h15-17H,4-14H2,1-3H3/t16-,17+/m0/s1. The molecule has 0 aromatic rings. The number of nitrogens with zero attached hydrogens (tertiary/aromatic N) is 2. The summed E-state index contributed by atoms with van der Waals surface area (Å²) in [5, 5.41) is 0. The van der Waals surface area contributed by atoms with Crippen LogP contribution in [-0.2, 0) is 9.53 Å². The molecule has 0 N–H and O–H groups in total. The minimum Gasteiger partial charge on any atom is -0.378 e. The topological polar surface area (TPSA) is 32.8 Å². The SMILES string of the molecule is CCO[C@@H]1C[C@H](N(C)CC(=O)N2CCC(C)CC2)C12CCCC2. The van der Waals surface area contributed by atoms with E-state index < -0.39 is 0 Å². The molecule has 4 heteroatoms. The van der Waals surface area contributed by atoms with Crippen LogP contribution in [0.2, 0.25) is 0 Å². The lowest BCUT2D eigenvalue weighted by Gasteiger charge is -2.57. The van der Waals surface area contributed by atoms with Crippen LogP contribution < -0.4 is 0 Å². The lowest BCUT2D eigenvalue weighted by Crippen LogP contribution is -2.64. The Kier molecular flexibility index (Phi) is 5.32. The summed E-state index contributed by atoms with van der Waals surface area (Å²) in [5.41, 5.74) is 0.335. The molecular weight excluding hydrogens is 288 g/mol. The van der Waals surface area contributed by atoms with Crippen LogP contribution in [0.25, 0.3) is 0 Å². The normalized spacial score (nSPS) is 30.9. The highest BCUT2D eigenvalue weighted by Crippen LogP contribution is 2.56. The van der Waals surface area contributed by atoms with Gasteiger partial charge in [0, 0.05) is 31.2 Å². The van der Waals surface area contributed by atoms with Gasteiger partial charge in [0.2, 0.25) is 5.91 Å². The zero-order chi connectivity index (χ0) is 16.4. The molecule has 0 bridgehead atoms. The highest BCUT2D eigenvalue weighted by atomic mass is 16.5. The fourth-order valence-electron chi connectivity index (χ4n) is 5.15. The summed E-state index contributed by atoms with van der Waals surface area (Å²) in [6.07, 6.45) is 9.06. The summed E-state index contributed by atoms with van der Waals surface area (Å²) in [5.74, 6) is 1.10. The fraction of sp³-hybridized carbons (Fsp3) is 0.947. The number of likely N-dealkylation sites (tertiary alicyclic amines) is 1. The number of likely N-dealkylation sites (N-methyl/N-ethyl adjacent to an activating group) is 1. The molecule has 2 saturated carbocycles. The van der Waals surface area contributed by atoms with E-state index in [2.05, 4.69) is 30.7 Å². The molecule has 1 saturated heterocycles. The van der Waals surface area contributed by atoms with Gasteiger partial charge in [-0.2, -0.15) is 0 Å². The van der Waals surface area contributed by atoms with Crippen LogP contribution in [0.5, 0.6) is 0 Å². The van der Waals surface area contributed by atoms with Gasteiger partial charge in [-0.15, -0.1) is 0 Å². The van der Waals surface area contributed by atoms with Crippen LogP contribution in [0, 0.1) is 11.3 Å². The second-order valence-corrected chi connectivity index (χ2v) is 8.11.